The van der Waals surface area contributed by atoms with Crippen LogP contribution in [0.5, 0.6) is 0 Å². The predicted octanol–water partition coefficient (Wildman–Crippen LogP) is 2.13. The zero-order valence-corrected chi connectivity index (χ0v) is 15.5. The number of allylic oxidation sites excluding steroid dienone is 2. The highest BCUT2D eigenvalue weighted by Gasteiger charge is 2.18. The average molecular weight is 365 g/mol. The first-order valence-electron chi connectivity index (χ1n) is 8.48. The lowest BCUT2D eigenvalue weighted by Gasteiger charge is -2.23. The standard InChI is InChI=1S/C18H25ClN4O2/c1-3-4-14(21-2)17(19)18(20)15(24)9-12-5-6-13(23-10-12)16-11-22-7-8-25-16/h5-6,10,16,22H,3-4,7-9,11,20H2,1-2H3/t16-/m0/s1. The van der Waals surface area contributed by atoms with Gasteiger partial charge in [-0.25, -0.2) is 0 Å². The van der Waals surface area contributed by atoms with Crippen LogP contribution < -0.4 is 11.1 Å². The molecule has 3 N–H and O–H groups in total. The molecule has 1 aliphatic heterocycles. The van der Waals surface area contributed by atoms with Gasteiger partial charge in [0.15, 0.2) is 5.78 Å². The van der Waals surface area contributed by atoms with Gasteiger partial charge in [-0.05, 0) is 18.1 Å². The summed E-state index contributed by atoms with van der Waals surface area (Å²) in [5, 5.41) is 3.52. The van der Waals surface area contributed by atoms with Crippen molar-refractivity contribution in [3.63, 3.8) is 0 Å². The lowest BCUT2D eigenvalue weighted by atomic mass is 10.1. The molecule has 2 rings (SSSR count). The third-order valence-electron chi connectivity index (χ3n) is 4.02. The Bertz CT molecular complexity index is 650. The van der Waals surface area contributed by atoms with Crippen molar-refractivity contribution in [3.8, 4) is 0 Å². The van der Waals surface area contributed by atoms with Gasteiger partial charge in [-0.15, -0.1) is 0 Å². The van der Waals surface area contributed by atoms with Gasteiger partial charge < -0.3 is 15.8 Å². The van der Waals surface area contributed by atoms with Crippen LogP contribution in [0.2, 0.25) is 0 Å². The number of aliphatic imine (C=N–C) groups is 1. The van der Waals surface area contributed by atoms with Gasteiger partial charge >= 0.3 is 0 Å². The van der Waals surface area contributed by atoms with Crippen molar-refractivity contribution in [1.82, 2.24) is 10.3 Å². The zero-order valence-electron chi connectivity index (χ0n) is 14.7. The van der Waals surface area contributed by atoms with Gasteiger partial charge in [0.25, 0.3) is 0 Å². The Hall–Kier alpha value is -1.76. The Morgan fingerprint density at radius 3 is 2.88 bits per heavy atom. The second-order valence-corrected chi connectivity index (χ2v) is 6.28. The van der Waals surface area contributed by atoms with Crippen LogP contribution in [-0.2, 0) is 16.0 Å². The molecule has 1 aromatic rings. The summed E-state index contributed by atoms with van der Waals surface area (Å²) in [4.78, 5) is 20.9. The number of nitrogens with two attached hydrogens (primary N) is 1. The minimum Gasteiger partial charge on any atom is -0.395 e. The molecule has 0 aromatic carbocycles. The van der Waals surface area contributed by atoms with Crippen molar-refractivity contribution in [2.45, 2.75) is 32.3 Å². The molecule has 1 fully saturated rings. The Morgan fingerprint density at radius 1 is 1.52 bits per heavy atom. The Labute approximate surface area is 153 Å². The molecule has 1 aromatic heterocycles. The first-order valence-corrected chi connectivity index (χ1v) is 8.86. The van der Waals surface area contributed by atoms with Crippen LogP contribution in [0.4, 0.5) is 0 Å². The van der Waals surface area contributed by atoms with Crippen LogP contribution in [0.3, 0.4) is 0 Å². The lowest BCUT2D eigenvalue weighted by molar-refractivity contribution is -0.115. The molecule has 0 radical (unpaired) electrons. The number of hydrogen-bond acceptors (Lipinski definition) is 6. The van der Waals surface area contributed by atoms with Gasteiger partial charge in [0.2, 0.25) is 0 Å². The Kier molecular flexibility index (Phi) is 7.55. The summed E-state index contributed by atoms with van der Waals surface area (Å²) in [6, 6.07) is 3.76. The maximum absolute atomic E-state index is 12.4. The maximum Gasteiger partial charge on any atom is 0.184 e. The number of nitrogens with one attached hydrogen (secondary N) is 1. The highest BCUT2D eigenvalue weighted by Crippen LogP contribution is 2.18. The number of aromatic nitrogens is 1. The van der Waals surface area contributed by atoms with Crippen molar-refractivity contribution >= 4 is 23.1 Å². The molecule has 0 amide bonds. The van der Waals surface area contributed by atoms with E-state index in [-0.39, 0.29) is 29.0 Å². The van der Waals surface area contributed by atoms with Crippen molar-refractivity contribution in [1.29, 1.82) is 0 Å². The number of halogens is 1. The molecule has 1 saturated heterocycles. The number of morpholine rings is 1. The molecule has 136 valence electrons. The molecular formula is C18H25ClN4O2. The quantitative estimate of drug-likeness (QED) is 0.571. The van der Waals surface area contributed by atoms with Crippen LogP contribution in [-0.4, -0.2) is 43.2 Å². The molecule has 0 unspecified atom stereocenters. The monoisotopic (exact) mass is 364 g/mol. The number of carbonyl (C=O) groups is 1. The van der Waals surface area contributed by atoms with E-state index in [1.165, 1.54) is 0 Å². The van der Waals surface area contributed by atoms with Gasteiger partial charge in [-0.2, -0.15) is 0 Å². The SMILES string of the molecule is CCCC(=NC)C(Cl)=C(N)C(=O)Cc1ccc([C@@H]2CNCCO2)nc1. The number of carbonyl (C=O) groups excluding carboxylic acids is 1. The first-order chi connectivity index (χ1) is 12.1. The van der Waals surface area contributed by atoms with Crippen LogP contribution in [0.15, 0.2) is 34.1 Å². The van der Waals surface area contributed by atoms with E-state index in [1.807, 2.05) is 19.1 Å². The third-order valence-corrected chi connectivity index (χ3v) is 4.44. The fourth-order valence-electron chi connectivity index (χ4n) is 2.60. The fraction of sp³-hybridized carbons (Fsp3) is 0.500. The van der Waals surface area contributed by atoms with Gasteiger partial charge in [-0.1, -0.05) is 31.0 Å². The number of ether oxygens (including phenoxy) is 1. The molecule has 0 aliphatic carbocycles. The number of hydrogen-bond donors (Lipinski definition) is 2. The number of nitrogens with zero attached hydrogens (tertiary/aromatic N) is 2. The van der Waals surface area contributed by atoms with Crippen molar-refractivity contribution in [3.05, 3.63) is 40.3 Å². The second-order valence-electron chi connectivity index (χ2n) is 5.90. The summed E-state index contributed by atoms with van der Waals surface area (Å²) >= 11 is 6.23. The van der Waals surface area contributed by atoms with E-state index in [0.29, 0.717) is 18.7 Å². The third kappa shape index (κ3) is 5.36. The van der Waals surface area contributed by atoms with E-state index < -0.39 is 0 Å². The second kappa shape index (κ2) is 9.65. The van der Waals surface area contributed by atoms with E-state index in [9.17, 15) is 4.79 Å². The van der Waals surface area contributed by atoms with Crippen molar-refractivity contribution in [2.24, 2.45) is 10.7 Å². The summed E-state index contributed by atoms with van der Waals surface area (Å²) in [6.45, 7) is 4.29. The van der Waals surface area contributed by atoms with E-state index in [0.717, 1.165) is 30.8 Å². The van der Waals surface area contributed by atoms with Crippen LogP contribution in [0, 0.1) is 0 Å². The average Bonchev–Trinajstić information content (AvgIpc) is 2.66. The van der Waals surface area contributed by atoms with Gasteiger partial charge in [0.1, 0.15) is 6.10 Å². The van der Waals surface area contributed by atoms with Gasteiger partial charge in [0.05, 0.1) is 28.7 Å². The number of rotatable bonds is 7. The number of ketones is 1. The summed E-state index contributed by atoms with van der Waals surface area (Å²) in [6.07, 6.45) is 3.37. The molecule has 0 saturated carbocycles. The van der Waals surface area contributed by atoms with Crippen LogP contribution in [0.1, 0.15) is 37.1 Å². The highest BCUT2D eigenvalue weighted by molar-refractivity contribution is 6.45. The topological polar surface area (TPSA) is 89.6 Å². The summed E-state index contributed by atoms with van der Waals surface area (Å²) < 4.78 is 5.67. The summed E-state index contributed by atoms with van der Waals surface area (Å²) in [5.74, 6) is -0.229. The summed E-state index contributed by atoms with van der Waals surface area (Å²) in [7, 11) is 1.65. The molecule has 1 atom stereocenters. The molecule has 6 nitrogen and oxygen atoms in total. The maximum atomic E-state index is 12.4. The molecule has 25 heavy (non-hydrogen) atoms. The Balaban J connectivity index is 2.04. The fourth-order valence-corrected chi connectivity index (χ4v) is 2.89. The highest BCUT2D eigenvalue weighted by atomic mass is 35.5. The molecular weight excluding hydrogens is 340 g/mol. The molecule has 2 heterocycles. The zero-order chi connectivity index (χ0) is 18.2. The molecule has 7 heteroatoms. The lowest BCUT2D eigenvalue weighted by Crippen LogP contribution is -2.33. The summed E-state index contributed by atoms with van der Waals surface area (Å²) in [5.41, 5.74) is 8.29. The predicted molar refractivity (Wildman–Crippen MR) is 99.8 cm³/mol. The first kappa shape index (κ1) is 19.6. The number of pyridine rings is 1. The van der Waals surface area contributed by atoms with Crippen molar-refractivity contribution < 1.29 is 9.53 Å². The minimum absolute atomic E-state index is 0.0460. The van der Waals surface area contributed by atoms with E-state index in [4.69, 9.17) is 22.1 Å². The Morgan fingerprint density at radius 2 is 2.32 bits per heavy atom. The molecule has 1 aliphatic rings. The van der Waals surface area contributed by atoms with E-state index in [1.54, 1.807) is 13.2 Å². The molecule has 0 spiro atoms. The van der Waals surface area contributed by atoms with E-state index >= 15 is 0 Å². The number of Topliss-reactive ketones (excluding diaryl/α,β-unsaturated/α-hetero) is 1. The van der Waals surface area contributed by atoms with E-state index in [2.05, 4.69) is 15.3 Å². The molecule has 0 bridgehead atoms. The van der Waals surface area contributed by atoms with Crippen LogP contribution >= 0.6 is 11.6 Å². The van der Waals surface area contributed by atoms with Crippen molar-refractivity contribution in [2.75, 3.05) is 26.7 Å². The van der Waals surface area contributed by atoms with Gasteiger partial charge in [0, 0.05) is 32.8 Å². The smallest absolute Gasteiger partial charge is 0.184 e. The van der Waals surface area contributed by atoms with Gasteiger partial charge in [-0.3, -0.25) is 14.8 Å². The normalized spacial score (nSPS) is 19.5. The minimum atomic E-state index is -0.229. The largest absolute Gasteiger partial charge is 0.395 e. The van der Waals surface area contributed by atoms with Crippen LogP contribution in [0.25, 0.3) is 0 Å².